The van der Waals surface area contributed by atoms with Crippen LogP contribution in [0.15, 0.2) is 12.1 Å². The van der Waals surface area contributed by atoms with Gasteiger partial charge in [0.05, 0.1) is 10.2 Å². The molecule has 1 aromatic heterocycles. The zero-order valence-electron chi connectivity index (χ0n) is 12.5. The largest absolute Gasteiger partial charge is 0.308 e. The van der Waals surface area contributed by atoms with Crippen LogP contribution >= 0.6 is 35.3 Å². The number of amides is 1. The van der Waals surface area contributed by atoms with Gasteiger partial charge in [-0.2, -0.15) is 0 Å². The molecule has 0 unspecified atom stereocenters. The van der Waals surface area contributed by atoms with E-state index < -0.39 is 0 Å². The molecule has 2 rings (SSSR count). The standard InChI is InChI=1S/C14H18ClN3OS.ClH/c1-9-7-11(15)8-12-13(9)16-14(20-12)18(10(2)19)6-5-17(3)4;/h7-8H,5-6H2,1-4H3;1H. The van der Waals surface area contributed by atoms with Crippen LogP contribution in [0, 0.1) is 6.92 Å². The first-order valence-corrected chi connectivity index (χ1v) is 7.57. The molecule has 7 heteroatoms. The van der Waals surface area contributed by atoms with E-state index in [0.29, 0.717) is 11.6 Å². The van der Waals surface area contributed by atoms with Crippen molar-refractivity contribution in [2.45, 2.75) is 13.8 Å². The molecule has 0 N–H and O–H groups in total. The number of likely N-dealkylation sites (N-methyl/N-ethyl adjacent to an activating group) is 1. The van der Waals surface area contributed by atoms with Crippen LogP contribution in [0.1, 0.15) is 12.5 Å². The highest BCUT2D eigenvalue weighted by molar-refractivity contribution is 7.22. The number of aromatic nitrogens is 1. The van der Waals surface area contributed by atoms with Crippen LogP contribution in [0.4, 0.5) is 5.13 Å². The lowest BCUT2D eigenvalue weighted by Gasteiger charge is -2.20. The zero-order valence-corrected chi connectivity index (χ0v) is 14.9. The highest BCUT2D eigenvalue weighted by Crippen LogP contribution is 2.32. The summed E-state index contributed by atoms with van der Waals surface area (Å²) in [5.74, 6) is 0.00894. The third-order valence-corrected chi connectivity index (χ3v) is 4.26. The van der Waals surface area contributed by atoms with Crippen molar-refractivity contribution in [1.29, 1.82) is 0 Å². The normalized spacial score (nSPS) is 10.8. The minimum Gasteiger partial charge on any atom is -0.308 e. The number of anilines is 1. The van der Waals surface area contributed by atoms with Crippen LogP contribution in [0.2, 0.25) is 5.02 Å². The van der Waals surface area contributed by atoms with Gasteiger partial charge in [0.1, 0.15) is 0 Å². The van der Waals surface area contributed by atoms with Gasteiger partial charge in [0, 0.05) is 25.0 Å². The first-order valence-electron chi connectivity index (χ1n) is 6.38. The molecule has 1 aromatic carbocycles. The van der Waals surface area contributed by atoms with Gasteiger partial charge in [0.15, 0.2) is 5.13 Å². The molecule has 2 aromatic rings. The maximum atomic E-state index is 11.8. The summed E-state index contributed by atoms with van der Waals surface area (Å²) in [5.41, 5.74) is 1.96. The minimum atomic E-state index is 0. The summed E-state index contributed by atoms with van der Waals surface area (Å²) >= 11 is 7.57. The number of halogens is 2. The van der Waals surface area contributed by atoms with Crippen molar-refractivity contribution in [2.75, 3.05) is 32.1 Å². The minimum absolute atomic E-state index is 0. The fourth-order valence-electron chi connectivity index (χ4n) is 1.95. The molecule has 0 aliphatic carbocycles. The van der Waals surface area contributed by atoms with E-state index in [2.05, 4.69) is 4.98 Å². The number of aryl methyl sites for hydroxylation is 1. The maximum Gasteiger partial charge on any atom is 0.225 e. The molecule has 0 radical (unpaired) electrons. The van der Waals surface area contributed by atoms with Gasteiger partial charge in [-0.15, -0.1) is 12.4 Å². The Bertz CT molecular complexity index is 642. The molecule has 116 valence electrons. The van der Waals surface area contributed by atoms with Gasteiger partial charge in [0.25, 0.3) is 0 Å². The summed E-state index contributed by atoms with van der Waals surface area (Å²) in [6.07, 6.45) is 0. The number of carbonyl (C=O) groups is 1. The molecule has 1 amide bonds. The summed E-state index contributed by atoms with van der Waals surface area (Å²) in [6, 6.07) is 3.79. The van der Waals surface area contributed by atoms with Crippen molar-refractivity contribution in [2.24, 2.45) is 0 Å². The maximum absolute atomic E-state index is 11.8. The highest BCUT2D eigenvalue weighted by Gasteiger charge is 2.17. The van der Waals surface area contributed by atoms with Gasteiger partial charge < -0.3 is 4.90 Å². The fourth-order valence-corrected chi connectivity index (χ4v) is 3.44. The van der Waals surface area contributed by atoms with Crippen LogP contribution in [-0.4, -0.2) is 43.0 Å². The molecule has 0 saturated carbocycles. The van der Waals surface area contributed by atoms with Crippen molar-refractivity contribution in [3.63, 3.8) is 0 Å². The lowest BCUT2D eigenvalue weighted by Crippen LogP contribution is -2.35. The van der Waals surface area contributed by atoms with Crippen molar-refractivity contribution in [3.05, 3.63) is 22.7 Å². The Morgan fingerprint density at radius 1 is 1.33 bits per heavy atom. The number of hydrogen-bond acceptors (Lipinski definition) is 4. The lowest BCUT2D eigenvalue weighted by molar-refractivity contribution is -0.116. The van der Waals surface area contributed by atoms with E-state index in [-0.39, 0.29) is 18.3 Å². The Morgan fingerprint density at radius 3 is 2.57 bits per heavy atom. The number of fused-ring (bicyclic) bond motifs is 1. The van der Waals surface area contributed by atoms with Crippen LogP contribution in [0.3, 0.4) is 0 Å². The summed E-state index contributed by atoms with van der Waals surface area (Å²) in [7, 11) is 3.97. The SMILES string of the molecule is CC(=O)N(CCN(C)C)c1nc2c(C)cc(Cl)cc2s1.Cl. The molecular formula is C14H19Cl2N3OS. The molecule has 0 atom stereocenters. The number of thiazole rings is 1. The topological polar surface area (TPSA) is 36.4 Å². The van der Waals surface area contributed by atoms with Crippen molar-refractivity contribution in [3.8, 4) is 0 Å². The van der Waals surface area contributed by atoms with E-state index >= 15 is 0 Å². The van der Waals surface area contributed by atoms with E-state index in [1.54, 1.807) is 11.8 Å². The quantitative estimate of drug-likeness (QED) is 0.847. The average Bonchev–Trinajstić information content (AvgIpc) is 2.72. The number of carbonyl (C=O) groups excluding carboxylic acids is 1. The number of hydrogen-bond donors (Lipinski definition) is 0. The number of rotatable bonds is 4. The number of nitrogens with zero attached hydrogens (tertiary/aromatic N) is 3. The van der Waals surface area contributed by atoms with Crippen LogP contribution in [-0.2, 0) is 4.79 Å². The molecule has 4 nitrogen and oxygen atoms in total. The highest BCUT2D eigenvalue weighted by atomic mass is 35.5. The third kappa shape index (κ3) is 4.30. The van der Waals surface area contributed by atoms with Crippen LogP contribution in [0.5, 0.6) is 0 Å². The molecule has 0 spiro atoms. The first kappa shape index (κ1) is 18.2. The molecular weight excluding hydrogens is 329 g/mol. The second kappa shape index (κ2) is 7.40. The fraction of sp³-hybridized carbons (Fsp3) is 0.429. The summed E-state index contributed by atoms with van der Waals surface area (Å²) in [6.45, 7) is 4.99. The van der Waals surface area contributed by atoms with E-state index in [4.69, 9.17) is 11.6 Å². The predicted molar refractivity (Wildman–Crippen MR) is 93.2 cm³/mol. The van der Waals surface area contributed by atoms with Crippen LogP contribution < -0.4 is 4.90 Å². The summed E-state index contributed by atoms with van der Waals surface area (Å²) in [4.78, 5) is 20.2. The molecule has 0 bridgehead atoms. The zero-order chi connectivity index (χ0) is 14.9. The molecule has 0 aliphatic heterocycles. The molecule has 21 heavy (non-hydrogen) atoms. The summed E-state index contributed by atoms with van der Waals surface area (Å²) < 4.78 is 1.01. The average molecular weight is 348 g/mol. The van der Waals surface area contributed by atoms with Gasteiger partial charge in [-0.05, 0) is 38.7 Å². The van der Waals surface area contributed by atoms with E-state index in [0.717, 1.165) is 27.5 Å². The monoisotopic (exact) mass is 347 g/mol. The Kier molecular flexibility index (Phi) is 6.41. The van der Waals surface area contributed by atoms with Gasteiger partial charge >= 0.3 is 0 Å². The van der Waals surface area contributed by atoms with Gasteiger partial charge in [-0.1, -0.05) is 22.9 Å². The van der Waals surface area contributed by atoms with Crippen molar-refractivity contribution in [1.82, 2.24) is 9.88 Å². The molecule has 0 fully saturated rings. The lowest BCUT2D eigenvalue weighted by atomic mass is 10.2. The van der Waals surface area contributed by atoms with Crippen LogP contribution in [0.25, 0.3) is 10.2 Å². The van der Waals surface area contributed by atoms with Gasteiger partial charge in [-0.25, -0.2) is 4.98 Å². The Hall–Kier alpha value is -0.880. The Balaban J connectivity index is 0.00000220. The van der Waals surface area contributed by atoms with E-state index in [1.165, 1.54) is 11.3 Å². The van der Waals surface area contributed by atoms with Gasteiger partial charge in [-0.3, -0.25) is 9.69 Å². The summed E-state index contributed by atoms with van der Waals surface area (Å²) in [5, 5.41) is 1.44. The molecule has 0 aliphatic rings. The third-order valence-electron chi connectivity index (χ3n) is 3.02. The second-order valence-corrected chi connectivity index (χ2v) is 6.49. The van der Waals surface area contributed by atoms with E-state index in [9.17, 15) is 4.79 Å². The Labute approximate surface area is 140 Å². The first-order chi connectivity index (χ1) is 9.38. The van der Waals surface area contributed by atoms with Crippen molar-refractivity contribution >= 4 is 56.6 Å². The van der Waals surface area contributed by atoms with E-state index in [1.807, 2.05) is 38.1 Å². The predicted octanol–water partition coefficient (Wildman–Crippen LogP) is 3.59. The second-order valence-electron chi connectivity index (χ2n) is 5.04. The smallest absolute Gasteiger partial charge is 0.225 e. The number of benzene rings is 1. The Morgan fingerprint density at radius 2 is 2.00 bits per heavy atom. The molecule has 1 heterocycles. The molecule has 0 saturated heterocycles. The van der Waals surface area contributed by atoms with Gasteiger partial charge in [0.2, 0.25) is 5.91 Å². The van der Waals surface area contributed by atoms with Crippen molar-refractivity contribution < 1.29 is 4.79 Å².